The quantitative estimate of drug-likeness (QED) is 0.869. The van der Waals surface area contributed by atoms with E-state index in [1.54, 1.807) is 30.5 Å². The van der Waals surface area contributed by atoms with Crippen LogP contribution in [-0.2, 0) is 0 Å². The van der Waals surface area contributed by atoms with Gasteiger partial charge in [0.1, 0.15) is 18.2 Å². The van der Waals surface area contributed by atoms with Crippen molar-refractivity contribution in [1.29, 1.82) is 0 Å². The van der Waals surface area contributed by atoms with Crippen molar-refractivity contribution >= 4 is 35.0 Å². The summed E-state index contributed by atoms with van der Waals surface area (Å²) >= 11 is 7.61. The van der Waals surface area contributed by atoms with Gasteiger partial charge in [-0.05, 0) is 18.4 Å². The van der Waals surface area contributed by atoms with Crippen molar-refractivity contribution in [2.75, 3.05) is 24.8 Å². The van der Waals surface area contributed by atoms with Gasteiger partial charge in [0.15, 0.2) is 11.5 Å². The second-order valence-corrected chi connectivity index (χ2v) is 5.69. The summed E-state index contributed by atoms with van der Waals surface area (Å²) in [5, 5.41) is 3.85. The molecule has 0 fully saturated rings. The van der Waals surface area contributed by atoms with Crippen LogP contribution >= 0.6 is 23.4 Å². The monoisotopic (exact) mass is 336 g/mol. The van der Waals surface area contributed by atoms with E-state index in [4.69, 9.17) is 21.1 Å². The van der Waals surface area contributed by atoms with Crippen LogP contribution in [-0.4, -0.2) is 30.4 Å². The van der Waals surface area contributed by atoms with E-state index in [1.807, 2.05) is 6.26 Å². The molecule has 1 aromatic heterocycles. The third kappa shape index (κ3) is 2.98. The van der Waals surface area contributed by atoms with Crippen molar-refractivity contribution in [3.05, 3.63) is 41.0 Å². The highest BCUT2D eigenvalue weighted by Gasteiger charge is 2.18. The van der Waals surface area contributed by atoms with Crippen molar-refractivity contribution in [2.45, 2.75) is 5.03 Å². The number of anilines is 1. The van der Waals surface area contributed by atoms with Crippen molar-refractivity contribution in [1.82, 2.24) is 4.98 Å². The van der Waals surface area contributed by atoms with E-state index >= 15 is 0 Å². The minimum Gasteiger partial charge on any atom is -0.486 e. The summed E-state index contributed by atoms with van der Waals surface area (Å²) < 4.78 is 10.9. The van der Waals surface area contributed by atoms with Gasteiger partial charge in [0.2, 0.25) is 0 Å². The number of hydrogen-bond acceptors (Lipinski definition) is 5. The molecule has 2 heterocycles. The molecule has 22 heavy (non-hydrogen) atoms. The number of amides is 1. The molecule has 1 amide bonds. The molecule has 1 aromatic carbocycles. The number of carbonyl (C=O) groups is 1. The highest BCUT2D eigenvalue weighted by molar-refractivity contribution is 7.98. The molecule has 0 saturated heterocycles. The molecule has 5 nitrogen and oxygen atoms in total. The summed E-state index contributed by atoms with van der Waals surface area (Å²) in [6, 6.07) is 6.76. The Morgan fingerprint density at radius 1 is 1.32 bits per heavy atom. The Labute approximate surface area is 137 Å². The van der Waals surface area contributed by atoms with Crippen molar-refractivity contribution in [3.63, 3.8) is 0 Å². The Morgan fingerprint density at radius 3 is 2.77 bits per heavy atom. The predicted molar refractivity (Wildman–Crippen MR) is 86.4 cm³/mol. The SMILES string of the molecule is CSc1ncccc1C(=O)Nc1cc2c(cc1Cl)OCCO2. The van der Waals surface area contributed by atoms with Crippen LogP contribution < -0.4 is 14.8 Å². The minimum atomic E-state index is -0.268. The van der Waals surface area contributed by atoms with Crippen LogP contribution in [0, 0.1) is 0 Å². The first-order valence-electron chi connectivity index (χ1n) is 6.58. The smallest absolute Gasteiger partial charge is 0.258 e. The number of nitrogens with zero attached hydrogens (tertiary/aromatic N) is 1. The Bertz CT molecular complexity index is 724. The average Bonchev–Trinajstić information content (AvgIpc) is 2.55. The number of fused-ring (bicyclic) bond motifs is 1. The second-order valence-electron chi connectivity index (χ2n) is 4.49. The topological polar surface area (TPSA) is 60.5 Å². The Morgan fingerprint density at radius 2 is 2.05 bits per heavy atom. The zero-order valence-electron chi connectivity index (χ0n) is 11.8. The first-order chi connectivity index (χ1) is 10.7. The van der Waals surface area contributed by atoms with Crippen LogP contribution in [0.5, 0.6) is 11.5 Å². The summed E-state index contributed by atoms with van der Waals surface area (Å²) in [7, 11) is 0. The van der Waals surface area contributed by atoms with E-state index in [2.05, 4.69) is 10.3 Å². The fraction of sp³-hybridized carbons (Fsp3) is 0.200. The largest absolute Gasteiger partial charge is 0.486 e. The Kier molecular flexibility index (Phi) is 4.40. The Hall–Kier alpha value is -1.92. The first-order valence-corrected chi connectivity index (χ1v) is 8.19. The van der Waals surface area contributed by atoms with Crippen molar-refractivity contribution in [2.24, 2.45) is 0 Å². The number of thioether (sulfide) groups is 1. The number of pyridine rings is 1. The molecule has 1 N–H and O–H groups in total. The lowest BCUT2D eigenvalue weighted by Crippen LogP contribution is -2.17. The maximum absolute atomic E-state index is 12.4. The highest BCUT2D eigenvalue weighted by atomic mass is 35.5. The molecule has 0 aliphatic carbocycles. The maximum atomic E-state index is 12.4. The van der Waals surface area contributed by atoms with Gasteiger partial charge in [0.25, 0.3) is 5.91 Å². The highest BCUT2D eigenvalue weighted by Crippen LogP contribution is 2.38. The molecule has 1 aliphatic heterocycles. The minimum absolute atomic E-state index is 0.268. The maximum Gasteiger partial charge on any atom is 0.258 e. The lowest BCUT2D eigenvalue weighted by Gasteiger charge is -2.20. The van der Waals surface area contributed by atoms with E-state index < -0.39 is 0 Å². The first kappa shape index (κ1) is 15.0. The van der Waals surface area contributed by atoms with E-state index in [-0.39, 0.29) is 5.91 Å². The Balaban J connectivity index is 1.88. The van der Waals surface area contributed by atoms with Crippen LogP contribution in [0.2, 0.25) is 5.02 Å². The predicted octanol–water partition coefficient (Wildman–Crippen LogP) is 3.48. The van der Waals surface area contributed by atoms with Gasteiger partial charge in [0, 0.05) is 18.3 Å². The molecular weight excluding hydrogens is 324 g/mol. The van der Waals surface area contributed by atoms with Crippen molar-refractivity contribution < 1.29 is 14.3 Å². The fourth-order valence-corrected chi connectivity index (χ4v) is 2.82. The van der Waals surface area contributed by atoms with E-state index in [0.29, 0.717) is 46.0 Å². The lowest BCUT2D eigenvalue weighted by atomic mass is 10.2. The van der Waals surface area contributed by atoms with Crippen LogP contribution in [0.3, 0.4) is 0 Å². The van der Waals surface area contributed by atoms with Crippen molar-refractivity contribution in [3.8, 4) is 11.5 Å². The number of carbonyl (C=O) groups excluding carboxylic acids is 1. The average molecular weight is 337 g/mol. The zero-order valence-corrected chi connectivity index (χ0v) is 13.3. The summed E-state index contributed by atoms with van der Waals surface area (Å²) in [5.41, 5.74) is 0.979. The number of nitrogens with one attached hydrogen (secondary N) is 1. The molecular formula is C15H13ClN2O3S. The molecule has 0 spiro atoms. The van der Waals surface area contributed by atoms with E-state index in [1.165, 1.54) is 11.8 Å². The number of hydrogen-bond donors (Lipinski definition) is 1. The van der Waals surface area contributed by atoms with Crippen LogP contribution in [0.15, 0.2) is 35.5 Å². The second kappa shape index (κ2) is 6.46. The van der Waals surface area contributed by atoms with Crippen LogP contribution in [0.1, 0.15) is 10.4 Å². The van der Waals surface area contributed by atoms with Gasteiger partial charge in [-0.25, -0.2) is 4.98 Å². The number of halogens is 1. The number of ether oxygens (including phenoxy) is 2. The zero-order chi connectivity index (χ0) is 15.5. The molecule has 1 aliphatic rings. The van der Waals surface area contributed by atoms with E-state index in [9.17, 15) is 4.79 Å². The van der Waals surface area contributed by atoms with Gasteiger partial charge >= 0.3 is 0 Å². The van der Waals surface area contributed by atoms with Crippen LogP contribution in [0.4, 0.5) is 5.69 Å². The molecule has 7 heteroatoms. The number of aromatic nitrogens is 1. The molecule has 0 unspecified atom stereocenters. The van der Waals surface area contributed by atoms with Gasteiger partial charge in [-0.2, -0.15) is 0 Å². The molecule has 0 saturated carbocycles. The molecule has 114 valence electrons. The van der Waals surface area contributed by atoms with Crippen LogP contribution in [0.25, 0.3) is 0 Å². The van der Waals surface area contributed by atoms with Gasteiger partial charge in [-0.3, -0.25) is 4.79 Å². The van der Waals surface area contributed by atoms with Gasteiger partial charge < -0.3 is 14.8 Å². The summed E-state index contributed by atoms with van der Waals surface area (Å²) in [4.78, 5) is 16.6. The summed E-state index contributed by atoms with van der Waals surface area (Å²) in [6.07, 6.45) is 3.52. The van der Waals surface area contributed by atoms with Gasteiger partial charge in [-0.15, -0.1) is 11.8 Å². The van der Waals surface area contributed by atoms with Gasteiger partial charge in [-0.1, -0.05) is 11.6 Å². The normalized spacial score (nSPS) is 12.8. The lowest BCUT2D eigenvalue weighted by molar-refractivity contribution is 0.102. The third-order valence-electron chi connectivity index (χ3n) is 3.09. The summed E-state index contributed by atoms with van der Waals surface area (Å²) in [5.74, 6) is 0.888. The number of rotatable bonds is 3. The number of benzene rings is 1. The molecule has 0 bridgehead atoms. The molecule has 0 atom stereocenters. The molecule has 3 rings (SSSR count). The standard InChI is InChI=1S/C15H13ClN2O3S/c1-22-15-9(3-2-4-17-15)14(19)18-11-8-13-12(7-10(11)16)20-5-6-21-13/h2-4,7-8H,5-6H2,1H3,(H,18,19). The van der Waals surface area contributed by atoms with E-state index in [0.717, 1.165) is 0 Å². The van der Waals surface area contributed by atoms with Gasteiger partial charge in [0.05, 0.1) is 16.3 Å². The molecule has 0 radical (unpaired) electrons. The third-order valence-corrected chi connectivity index (χ3v) is 4.11. The molecule has 2 aromatic rings. The summed E-state index contributed by atoms with van der Waals surface area (Å²) in [6.45, 7) is 0.961. The fourth-order valence-electron chi connectivity index (χ4n) is 2.08.